The number of amides is 1. The third-order valence-corrected chi connectivity index (χ3v) is 2.52. The summed E-state index contributed by atoms with van der Waals surface area (Å²) in [7, 11) is 0. The smallest absolute Gasteiger partial charge is 0.224 e. The maximum absolute atomic E-state index is 11.5. The molecule has 4 nitrogen and oxygen atoms in total. The Morgan fingerprint density at radius 3 is 2.77 bits per heavy atom. The Morgan fingerprint density at radius 2 is 2.31 bits per heavy atom. The van der Waals surface area contributed by atoms with Crippen LogP contribution in [0.15, 0.2) is 0 Å². The predicted octanol–water partition coefficient (Wildman–Crippen LogP) is -0.519. The average molecular weight is 186 g/mol. The minimum absolute atomic E-state index is 0.0541. The van der Waals surface area contributed by atoms with Crippen LogP contribution in [0.25, 0.3) is 0 Å². The summed E-state index contributed by atoms with van der Waals surface area (Å²) in [5.41, 5.74) is 0. The highest BCUT2D eigenvalue weighted by Crippen LogP contribution is 2.07. The van der Waals surface area contributed by atoms with Crippen molar-refractivity contribution in [1.82, 2.24) is 10.6 Å². The van der Waals surface area contributed by atoms with Gasteiger partial charge in [0.15, 0.2) is 0 Å². The number of hydrogen-bond donors (Lipinski definition) is 3. The van der Waals surface area contributed by atoms with E-state index < -0.39 is 6.10 Å². The van der Waals surface area contributed by atoms with E-state index in [0.29, 0.717) is 0 Å². The van der Waals surface area contributed by atoms with Gasteiger partial charge in [0.25, 0.3) is 0 Å². The molecule has 1 rings (SSSR count). The molecular formula is C9H18N2O2. The van der Waals surface area contributed by atoms with Gasteiger partial charge < -0.3 is 15.7 Å². The van der Waals surface area contributed by atoms with Gasteiger partial charge in [0.05, 0.1) is 18.1 Å². The van der Waals surface area contributed by atoms with Crippen LogP contribution in [-0.4, -0.2) is 36.2 Å². The maximum atomic E-state index is 11.5. The van der Waals surface area contributed by atoms with Crippen molar-refractivity contribution in [3.05, 3.63) is 0 Å². The van der Waals surface area contributed by atoms with Gasteiger partial charge in [-0.25, -0.2) is 0 Å². The molecule has 0 saturated carbocycles. The second kappa shape index (κ2) is 4.58. The highest BCUT2D eigenvalue weighted by Gasteiger charge is 2.24. The average Bonchev–Trinajstić information content (AvgIpc) is 2.55. The van der Waals surface area contributed by atoms with Crippen LogP contribution in [0.4, 0.5) is 0 Å². The first kappa shape index (κ1) is 10.5. The highest BCUT2D eigenvalue weighted by molar-refractivity contribution is 5.79. The molecule has 1 fully saturated rings. The molecule has 1 aliphatic rings. The van der Waals surface area contributed by atoms with E-state index in [-0.39, 0.29) is 17.9 Å². The summed E-state index contributed by atoms with van der Waals surface area (Å²) in [6.07, 6.45) is 0.413. The molecular weight excluding hydrogens is 168 g/mol. The molecule has 0 spiro atoms. The van der Waals surface area contributed by atoms with Crippen LogP contribution in [0.1, 0.15) is 20.3 Å². The third kappa shape index (κ3) is 2.97. The van der Waals surface area contributed by atoms with E-state index in [9.17, 15) is 9.90 Å². The Labute approximate surface area is 78.7 Å². The number of rotatable bonds is 3. The van der Waals surface area contributed by atoms with Crippen molar-refractivity contribution in [3.63, 3.8) is 0 Å². The predicted molar refractivity (Wildman–Crippen MR) is 50.3 cm³/mol. The SMILES string of the molecule is CC(O)C(C)NC(=O)[C@H]1CCNC1. The van der Waals surface area contributed by atoms with E-state index in [1.807, 2.05) is 6.92 Å². The molecule has 0 aromatic carbocycles. The standard InChI is InChI=1S/C9H18N2O2/c1-6(7(2)12)11-9(13)8-3-4-10-5-8/h6-8,10,12H,3-5H2,1-2H3,(H,11,13)/t6?,7?,8-/m0/s1. The van der Waals surface area contributed by atoms with E-state index in [2.05, 4.69) is 10.6 Å². The molecule has 4 heteroatoms. The maximum Gasteiger partial charge on any atom is 0.224 e. The van der Waals surface area contributed by atoms with Gasteiger partial charge in [0, 0.05) is 6.54 Å². The minimum Gasteiger partial charge on any atom is -0.391 e. The summed E-state index contributed by atoms with van der Waals surface area (Å²) >= 11 is 0. The first-order valence-electron chi connectivity index (χ1n) is 4.80. The number of nitrogens with one attached hydrogen (secondary N) is 2. The number of aliphatic hydroxyl groups excluding tert-OH is 1. The van der Waals surface area contributed by atoms with Crippen molar-refractivity contribution in [2.24, 2.45) is 5.92 Å². The van der Waals surface area contributed by atoms with Gasteiger partial charge in [-0.2, -0.15) is 0 Å². The lowest BCUT2D eigenvalue weighted by molar-refractivity contribution is -0.125. The Bertz CT molecular complexity index is 176. The zero-order chi connectivity index (χ0) is 9.84. The molecule has 0 aromatic rings. The number of hydrogen-bond acceptors (Lipinski definition) is 3. The van der Waals surface area contributed by atoms with Gasteiger partial charge in [-0.05, 0) is 26.8 Å². The lowest BCUT2D eigenvalue weighted by atomic mass is 10.1. The molecule has 0 radical (unpaired) electrons. The normalized spacial score (nSPS) is 26.8. The van der Waals surface area contributed by atoms with Crippen molar-refractivity contribution < 1.29 is 9.90 Å². The number of carbonyl (C=O) groups excluding carboxylic acids is 1. The van der Waals surface area contributed by atoms with Crippen LogP contribution >= 0.6 is 0 Å². The molecule has 2 unspecified atom stereocenters. The third-order valence-electron chi connectivity index (χ3n) is 2.52. The van der Waals surface area contributed by atoms with Crippen LogP contribution in [-0.2, 0) is 4.79 Å². The summed E-state index contributed by atoms with van der Waals surface area (Å²) in [4.78, 5) is 11.5. The molecule has 0 aromatic heterocycles. The zero-order valence-electron chi connectivity index (χ0n) is 8.21. The first-order valence-corrected chi connectivity index (χ1v) is 4.80. The van der Waals surface area contributed by atoms with E-state index in [4.69, 9.17) is 0 Å². The van der Waals surface area contributed by atoms with Crippen molar-refractivity contribution in [1.29, 1.82) is 0 Å². The first-order chi connectivity index (χ1) is 6.11. The summed E-state index contributed by atoms with van der Waals surface area (Å²) in [5, 5.41) is 15.1. The lowest BCUT2D eigenvalue weighted by Gasteiger charge is -2.18. The molecule has 13 heavy (non-hydrogen) atoms. The minimum atomic E-state index is -0.488. The van der Waals surface area contributed by atoms with Crippen molar-refractivity contribution in [2.75, 3.05) is 13.1 Å². The van der Waals surface area contributed by atoms with Gasteiger partial charge >= 0.3 is 0 Å². The van der Waals surface area contributed by atoms with Crippen LogP contribution in [0.2, 0.25) is 0 Å². The van der Waals surface area contributed by atoms with Crippen molar-refractivity contribution >= 4 is 5.91 Å². The van der Waals surface area contributed by atoms with E-state index >= 15 is 0 Å². The molecule has 3 N–H and O–H groups in total. The van der Waals surface area contributed by atoms with Gasteiger partial charge in [0.2, 0.25) is 5.91 Å². The number of carbonyl (C=O) groups is 1. The van der Waals surface area contributed by atoms with Gasteiger partial charge in [-0.3, -0.25) is 4.79 Å². The summed E-state index contributed by atoms with van der Waals surface area (Å²) in [6.45, 7) is 5.17. The van der Waals surface area contributed by atoms with Crippen LogP contribution in [0.5, 0.6) is 0 Å². The van der Waals surface area contributed by atoms with E-state index in [0.717, 1.165) is 19.5 Å². The van der Waals surface area contributed by atoms with E-state index in [1.165, 1.54) is 0 Å². The lowest BCUT2D eigenvalue weighted by Crippen LogP contribution is -2.43. The fourth-order valence-corrected chi connectivity index (χ4v) is 1.34. The van der Waals surface area contributed by atoms with E-state index in [1.54, 1.807) is 6.92 Å². The molecule has 0 bridgehead atoms. The van der Waals surface area contributed by atoms with Crippen LogP contribution in [0.3, 0.4) is 0 Å². The monoisotopic (exact) mass is 186 g/mol. The molecule has 1 aliphatic heterocycles. The summed E-state index contributed by atoms with van der Waals surface area (Å²) < 4.78 is 0. The Balaban J connectivity index is 2.31. The highest BCUT2D eigenvalue weighted by atomic mass is 16.3. The topological polar surface area (TPSA) is 61.4 Å². The van der Waals surface area contributed by atoms with Gasteiger partial charge in [-0.15, -0.1) is 0 Å². The fraction of sp³-hybridized carbons (Fsp3) is 0.889. The molecule has 0 aliphatic carbocycles. The second-order valence-electron chi connectivity index (χ2n) is 3.73. The van der Waals surface area contributed by atoms with Crippen molar-refractivity contribution in [2.45, 2.75) is 32.4 Å². The quantitative estimate of drug-likeness (QED) is 0.556. The Morgan fingerprint density at radius 1 is 1.62 bits per heavy atom. The Hall–Kier alpha value is -0.610. The molecule has 1 saturated heterocycles. The molecule has 3 atom stereocenters. The van der Waals surface area contributed by atoms with Gasteiger partial charge in [0.1, 0.15) is 0 Å². The second-order valence-corrected chi connectivity index (χ2v) is 3.73. The number of aliphatic hydroxyl groups is 1. The summed E-state index contributed by atoms with van der Waals surface area (Å²) in [6, 6.07) is -0.159. The summed E-state index contributed by atoms with van der Waals surface area (Å²) in [5.74, 6) is 0.139. The Kier molecular flexibility index (Phi) is 3.69. The molecule has 1 amide bonds. The van der Waals surface area contributed by atoms with Crippen LogP contribution < -0.4 is 10.6 Å². The van der Waals surface area contributed by atoms with Gasteiger partial charge in [-0.1, -0.05) is 0 Å². The fourth-order valence-electron chi connectivity index (χ4n) is 1.34. The largest absolute Gasteiger partial charge is 0.391 e. The van der Waals surface area contributed by atoms with Crippen LogP contribution in [0, 0.1) is 5.92 Å². The van der Waals surface area contributed by atoms with Crippen molar-refractivity contribution in [3.8, 4) is 0 Å². The molecule has 76 valence electrons. The zero-order valence-corrected chi connectivity index (χ0v) is 8.21. The molecule has 1 heterocycles.